The van der Waals surface area contributed by atoms with Crippen LogP contribution in [-0.2, 0) is 51.7 Å². The Bertz CT molecular complexity index is 1010. The molecule has 0 saturated heterocycles. The molecule has 0 heterocycles. The molecule has 0 aromatic heterocycles. The van der Waals surface area contributed by atoms with Crippen molar-refractivity contribution in [1.82, 2.24) is 0 Å². The number of esters is 4. The first-order valence-corrected chi connectivity index (χ1v) is 23.1. The third-order valence-corrected chi connectivity index (χ3v) is 10.0. The highest BCUT2D eigenvalue weighted by molar-refractivity contribution is 7.47. The van der Waals surface area contributed by atoms with E-state index in [0.717, 1.165) is 38.5 Å². The van der Waals surface area contributed by atoms with E-state index in [1.165, 1.54) is 89.9 Å². The molecule has 2 unspecified atom stereocenters. The van der Waals surface area contributed by atoms with Crippen molar-refractivity contribution in [2.45, 2.75) is 206 Å². The molecule has 324 valence electrons. The summed E-state index contributed by atoms with van der Waals surface area (Å²) in [6, 6.07) is 0. The molecular weight excluding hydrogens is 729 g/mol. The highest BCUT2D eigenvalue weighted by Gasteiger charge is 2.29. The lowest BCUT2D eigenvalue weighted by Gasteiger charge is -2.22. The van der Waals surface area contributed by atoms with Crippen molar-refractivity contribution >= 4 is 31.7 Å². The molecule has 14 heteroatoms. The van der Waals surface area contributed by atoms with E-state index in [4.69, 9.17) is 33.7 Å². The van der Waals surface area contributed by atoms with Gasteiger partial charge in [-0.1, -0.05) is 149 Å². The molecule has 55 heavy (non-hydrogen) atoms. The number of nitrogens with two attached hydrogens (primary N) is 1. The van der Waals surface area contributed by atoms with E-state index in [1.54, 1.807) is 6.92 Å². The van der Waals surface area contributed by atoms with Crippen LogP contribution in [0.1, 0.15) is 194 Å². The molecule has 0 aliphatic rings. The van der Waals surface area contributed by atoms with Crippen molar-refractivity contribution in [2.24, 2.45) is 5.73 Å². The largest absolute Gasteiger partial charge is 0.472 e. The molecule has 0 bridgehead atoms. The van der Waals surface area contributed by atoms with Crippen LogP contribution in [0.2, 0.25) is 0 Å². The Morgan fingerprint density at radius 1 is 0.455 bits per heavy atom. The van der Waals surface area contributed by atoms with Gasteiger partial charge in [0.25, 0.3) is 0 Å². The van der Waals surface area contributed by atoms with Crippen LogP contribution in [0.3, 0.4) is 0 Å². The molecule has 0 fully saturated rings. The second kappa shape index (κ2) is 37.5. The monoisotopic (exact) mass is 808 g/mol. The smallest absolute Gasteiger partial charge is 0.462 e. The van der Waals surface area contributed by atoms with Crippen molar-refractivity contribution in [1.29, 1.82) is 0 Å². The highest BCUT2D eigenvalue weighted by Crippen LogP contribution is 2.43. The van der Waals surface area contributed by atoms with Gasteiger partial charge in [0.1, 0.15) is 13.2 Å². The average Bonchev–Trinajstić information content (AvgIpc) is 3.15. The number of carbonyl (C=O) groups is 4. The lowest BCUT2D eigenvalue weighted by molar-refractivity contribution is -0.162. The van der Waals surface area contributed by atoms with Crippen LogP contribution in [0.15, 0.2) is 0 Å². The van der Waals surface area contributed by atoms with Gasteiger partial charge in [-0.3, -0.25) is 28.2 Å². The van der Waals surface area contributed by atoms with Crippen LogP contribution in [-0.4, -0.2) is 74.0 Å². The minimum absolute atomic E-state index is 0.0542. The van der Waals surface area contributed by atoms with E-state index in [1.807, 2.05) is 0 Å². The quantitative estimate of drug-likeness (QED) is 0.0258. The van der Waals surface area contributed by atoms with E-state index in [0.29, 0.717) is 19.3 Å². The van der Waals surface area contributed by atoms with Crippen molar-refractivity contribution < 1.29 is 56.6 Å². The van der Waals surface area contributed by atoms with E-state index in [-0.39, 0.29) is 38.8 Å². The maximum absolute atomic E-state index is 12.8. The highest BCUT2D eigenvalue weighted by atomic mass is 31.2. The van der Waals surface area contributed by atoms with Crippen LogP contribution >= 0.6 is 7.82 Å². The fraction of sp³-hybridized carbons (Fsp3) is 0.902. The summed E-state index contributed by atoms with van der Waals surface area (Å²) in [5, 5.41) is 0. The van der Waals surface area contributed by atoms with Gasteiger partial charge in [0.15, 0.2) is 12.2 Å². The van der Waals surface area contributed by atoms with Gasteiger partial charge in [-0.05, 0) is 19.3 Å². The van der Waals surface area contributed by atoms with Gasteiger partial charge in [0, 0.05) is 25.8 Å². The van der Waals surface area contributed by atoms with Gasteiger partial charge < -0.3 is 29.6 Å². The Kier molecular flexibility index (Phi) is 36.1. The lowest BCUT2D eigenvalue weighted by Crippen LogP contribution is -2.31. The second-order valence-electron chi connectivity index (χ2n) is 14.5. The number of ether oxygens (including phenoxy) is 4. The third kappa shape index (κ3) is 36.1. The summed E-state index contributed by atoms with van der Waals surface area (Å²) in [5.41, 5.74) is 5.37. The van der Waals surface area contributed by atoms with E-state index in [2.05, 4.69) is 13.8 Å². The predicted octanol–water partition coefficient (Wildman–Crippen LogP) is 9.58. The Morgan fingerprint density at radius 3 is 1.15 bits per heavy atom. The molecule has 0 spiro atoms. The minimum Gasteiger partial charge on any atom is -0.462 e. The van der Waals surface area contributed by atoms with Crippen LogP contribution in [0.5, 0.6) is 0 Å². The molecule has 0 aliphatic carbocycles. The third-order valence-electron chi connectivity index (χ3n) is 9.08. The summed E-state index contributed by atoms with van der Waals surface area (Å²) < 4.78 is 44.2. The molecule has 0 rings (SSSR count). The fourth-order valence-electron chi connectivity index (χ4n) is 5.82. The number of hydrogen-bond donors (Lipinski definition) is 2. The maximum Gasteiger partial charge on any atom is 0.472 e. The topological polar surface area (TPSA) is 187 Å². The molecule has 0 amide bonds. The zero-order valence-electron chi connectivity index (χ0n) is 34.7. The molecular formula is C41H78NO12P. The molecule has 0 aliphatic heterocycles. The molecule has 0 radical (unpaired) electrons. The minimum atomic E-state index is -4.78. The van der Waals surface area contributed by atoms with Gasteiger partial charge in [-0.2, -0.15) is 0 Å². The molecule has 0 aromatic carbocycles. The Labute approximate surface area is 332 Å². The Hall–Kier alpha value is -2.05. The zero-order valence-corrected chi connectivity index (χ0v) is 35.6. The summed E-state index contributed by atoms with van der Waals surface area (Å²) in [5.74, 6) is -2.20. The van der Waals surface area contributed by atoms with Crippen molar-refractivity contribution in [3.8, 4) is 0 Å². The average molecular weight is 808 g/mol. The van der Waals surface area contributed by atoms with Gasteiger partial charge in [-0.15, -0.1) is 0 Å². The predicted molar refractivity (Wildman–Crippen MR) is 214 cm³/mol. The number of carbonyl (C=O) groups excluding carboxylic acids is 4. The van der Waals surface area contributed by atoms with Crippen LogP contribution < -0.4 is 5.73 Å². The molecule has 3 atom stereocenters. The fourth-order valence-corrected chi connectivity index (χ4v) is 6.60. The zero-order chi connectivity index (χ0) is 40.8. The molecule has 13 nitrogen and oxygen atoms in total. The number of phosphoric acid groups is 1. The summed E-state index contributed by atoms with van der Waals surface area (Å²) in [4.78, 5) is 59.5. The number of rotatable bonds is 40. The normalized spacial score (nSPS) is 13.5. The van der Waals surface area contributed by atoms with E-state index >= 15 is 0 Å². The molecule has 0 aromatic rings. The lowest BCUT2D eigenvalue weighted by atomic mass is 10.1. The molecule has 0 saturated carbocycles. The van der Waals surface area contributed by atoms with E-state index in [9.17, 15) is 28.6 Å². The Morgan fingerprint density at radius 2 is 0.782 bits per heavy atom. The summed E-state index contributed by atoms with van der Waals surface area (Å²) in [6.07, 6.45) is 23.7. The second-order valence-corrected chi connectivity index (χ2v) is 16.0. The van der Waals surface area contributed by atoms with Gasteiger partial charge in [0.2, 0.25) is 0 Å². The van der Waals surface area contributed by atoms with Gasteiger partial charge in [-0.25, -0.2) is 4.57 Å². The van der Waals surface area contributed by atoms with Crippen LogP contribution in [0, 0.1) is 0 Å². The number of phosphoric ester groups is 1. The van der Waals surface area contributed by atoms with Crippen LogP contribution in [0.25, 0.3) is 0 Å². The SMILES string of the molecule is CCCCCCCCCCCCCC(=O)OC[C@H](COP(=O)(O)OCC(COC(=O)CCN)OC(=O)CCC)OC(=O)CCCCCCCCCCCCC. The summed E-state index contributed by atoms with van der Waals surface area (Å²) >= 11 is 0. The van der Waals surface area contributed by atoms with E-state index < -0.39 is 63.7 Å². The first-order valence-electron chi connectivity index (χ1n) is 21.6. The standard InChI is InChI=1S/C41H78NO12P/c1-4-7-9-11-13-15-17-19-21-23-25-28-38(43)49-32-37(54-41(46)29-26-24-22-20-18-16-14-12-10-8-5-2)35-52-55(47,48)51-34-36(53-40(45)27-6-3)33-50-39(44)30-31-42/h36-37H,4-35,42H2,1-3H3,(H,47,48)/t36?,37-/m1/s1. The van der Waals surface area contributed by atoms with Crippen LogP contribution in [0.4, 0.5) is 0 Å². The summed E-state index contributed by atoms with van der Waals surface area (Å²) in [7, 11) is -4.78. The maximum atomic E-state index is 12.8. The first kappa shape index (κ1) is 53.0. The van der Waals surface area contributed by atoms with Gasteiger partial charge >= 0.3 is 31.7 Å². The first-order chi connectivity index (χ1) is 26.6. The van der Waals surface area contributed by atoms with Gasteiger partial charge in [0.05, 0.1) is 19.6 Å². The number of hydrogen-bond acceptors (Lipinski definition) is 12. The number of unbranched alkanes of at least 4 members (excludes halogenated alkanes) is 20. The Balaban J connectivity index is 4.94. The molecule has 3 N–H and O–H groups in total. The van der Waals surface area contributed by atoms with Crippen molar-refractivity contribution in [3.05, 3.63) is 0 Å². The summed E-state index contributed by atoms with van der Waals surface area (Å²) in [6.45, 7) is 4.31. The van der Waals surface area contributed by atoms with Crippen molar-refractivity contribution in [3.63, 3.8) is 0 Å². The van der Waals surface area contributed by atoms with Crippen molar-refractivity contribution in [2.75, 3.05) is 33.0 Å².